The molecule has 2 aliphatic heterocycles. The number of thioether (sulfide) groups is 1. The number of nitrogens with one attached hydrogen (secondary N) is 1. The molecule has 0 aliphatic carbocycles. The van der Waals surface area contributed by atoms with Crippen molar-refractivity contribution in [2.45, 2.75) is 18.2 Å². The van der Waals surface area contributed by atoms with Crippen LogP contribution in [0.2, 0.25) is 0 Å². The molecule has 0 amide bonds. The SMILES string of the molecule is C1COCC(C2NCCS2)C1. The van der Waals surface area contributed by atoms with Crippen molar-refractivity contribution in [2.24, 2.45) is 5.92 Å². The molecule has 0 saturated carbocycles. The van der Waals surface area contributed by atoms with Gasteiger partial charge in [-0.05, 0) is 12.8 Å². The van der Waals surface area contributed by atoms with Crippen LogP contribution in [0.4, 0.5) is 0 Å². The number of hydrogen-bond acceptors (Lipinski definition) is 3. The molecule has 0 aromatic carbocycles. The Morgan fingerprint density at radius 3 is 3.09 bits per heavy atom. The molecule has 0 bridgehead atoms. The Bertz CT molecular complexity index is 119. The van der Waals surface area contributed by atoms with E-state index >= 15 is 0 Å². The topological polar surface area (TPSA) is 21.3 Å². The van der Waals surface area contributed by atoms with E-state index in [2.05, 4.69) is 17.1 Å². The molecular weight excluding hydrogens is 158 g/mol. The van der Waals surface area contributed by atoms with Gasteiger partial charge in [0.25, 0.3) is 0 Å². The Morgan fingerprint density at radius 2 is 2.45 bits per heavy atom. The summed E-state index contributed by atoms with van der Waals surface area (Å²) in [5.41, 5.74) is 0. The molecule has 2 unspecified atom stereocenters. The van der Waals surface area contributed by atoms with Crippen molar-refractivity contribution < 1.29 is 4.74 Å². The van der Waals surface area contributed by atoms with E-state index in [0.29, 0.717) is 5.37 Å². The van der Waals surface area contributed by atoms with Crippen molar-refractivity contribution in [3.8, 4) is 0 Å². The molecule has 11 heavy (non-hydrogen) atoms. The van der Waals surface area contributed by atoms with Crippen molar-refractivity contribution in [2.75, 3.05) is 25.5 Å². The Morgan fingerprint density at radius 1 is 1.45 bits per heavy atom. The summed E-state index contributed by atoms with van der Waals surface area (Å²) in [5, 5.41) is 4.20. The van der Waals surface area contributed by atoms with E-state index in [1.807, 2.05) is 0 Å². The number of ether oxygens (including phenoxy) is 1. The summed E-state index contributed by atoms with van der Waals surface area (Å²) in [7, 11) is 0. The van der Waals surface area contributed by atoms with Gasteiger partial charge in [-0.3, -0.25) is 0 Å². The second-order valence-electron chi connectivity index (χ2n) is 3.22. The lowest BCUT2D eigenvalue weighted by molar-refractivity contribution is 0.0517. The quantitative estimate of drug-likeness (QED) is 0.641. The van der Waals surface area contributed by atoms with Crippen LogP contribution < -0.4 is 5.32 Å². The third kappa shape index (κ3) is 1.89. The maximum atomic E-state index is 5.44. The first-order valence-corrected chi connectivity index (χ1v) is 5.44. The van der Waals surface area contributed by atoms with Gasteiger partial charge >= 0.3 is 0 Å². The second-order valence-corrected chi connectivity index (χ2v) is 4.47. The van der Waals surface area contributed by atoms with Crippen LogP contribution in [0.25, 0.3) is 0 Å². The Balaban J connectivity index is 1.82. The highest BCUT2D eigenvalue weighted by atomic mass is 32.2. The molecule has 2 heterocycles. The lowest BCUT2D eigenvalue weighted by atomic mass is 10.0. The van der Waals surface area contributed by atoms with Crippen LogP contribution in [-0.4, -0.2) is 30.9 Å². The first kappa shape index (κ1) is 7.90. The summed E-state index contributed by atoms with van der Waals surface area (Å²) in [6, 6.07) is 0. The summed E-state index contributed by atoms with van der Waals surface area (Å²) in [6.07, 6.45) is 2.61. The minimum Gasteiger partial charge on any atom is -0.381 e. The third-order valence-corrected chi connectivity index (χ3v) is 3.72. The van der Waals surface area contributed by atoms with Crippen LogP contribution in [0.1, 0.15) is 12.8 Å². The zero-order valence-corrected chi connectivity index (χ0v) is 7.53. The fourth-order valence-corrected chi connectivity index (χ4v) is 2.97. The molecular formula is C8H15NOS. The molecule has 64 valence electrons. The second kappa shape index (κ2) is 3.78. The van der Waals surface area contributed by atoms with E-state index in [4.69, 9.17) is 4.74 Å². The van der Waals surface area contributed by atoms with E-state index in [1.165, 1.54) is 25.1 Å². The predicted molar refractivity (Wildman–Crippen MR) is 47.8 cm³/mol. The highest BCUT2D eigenvalue weighted by molar-refractivity contribution is 8.00. The van der Waals surface area contributed by atoms with Gasteiger partial charge in [0.1, 0.15) is 0 Å². The van der Waals surface area contributed by atoms with Crippen molar-refractivity contribution in [3.05, 3.63) is 0 Å². The Labute approximate surface area is 72.1 Å². The molecule has 1 N–H and O–H groups in total. The molecule has 3 heteroatoms. The largest absolute Gasteiger partial charge is 0.381 e. The molecule has 2 fully saturated rings. The third-order valence-electron chi connectivity index (χ3n) is 2.37. The molecule has 2 atom stereocenters. The van der Waals surface area contributed by atoms with Gasteiger partial charge in [-0.15, -0.1) is 11.8 Å². The first-order valence-electron chi connectivity index (χ1n) is 4.39. The molecule has 0 aromatic rings. The molecule has 0 radical (unpaired) electrons. The minimum atomic E-state index is 0.690. The Kier molecular flexibility index (Phi) is 2.72. The van der Waals surface area contributed by atoms with E-state index in [1.54, 1.807) is 0 Å². The zero-order chi connectivity index (χ0) is 7.52. The summed E-state index contributed by atoms with van der Waals surface area (Å²) in [4.78, 5) is 0. The monoisotopic (exact) mass is 173 g/mol. The number of rotatable bonds is 1. The van der Waals surface area contributed by atoms with Crippen molar-refractivity contribution >= 4 is 11.8 Å². The molecule has 2 aliphatic rings. The lowest BCUT2D eigenvalue weighted by Crippen LogP contribution is -2.34. The smallest absolute Gasteiger partial charge is 0.0583 e. The molecule has 0 spiro atoms. The van der Waals surface area contributed by atoms with Crippen molar-refractivity contribution in [1.29, 1.82) is 0 Å². The summed E-state index contributed by atoms with van der Waals surface area (Å²) in [5.74, 6) is 2.05. The van der Waals surface area contributed by atoms with Gasteiger partial charge in [0.05, 0.1) is 12.0 Å². The van der Waals surface area contributed by atoms with E-state index in [-0.39, 0.29) is 0 Å². The van der Waals surface area contributed by atoms with Gasteiger partial charge in [-0.25, -0.2) is 0 Å². The predicted octanol–water partition coefficient (Wildman–Crippen LogP) is 1.08. The summed E-state index contributed by atoms with van der Waals surface area (Å²) >= 11 is 2.06. The maximum Gasteiger partial charge on any atom is 0.0583 e. The summed E-state index contributed by atoms with van der Waals surface area (Å²) in [6.45, 7) is 3.14. The normalized spacial score (nSPS) is 39.3. The van der Waals surface area contributed by atoms with Gasteiger partial charge in [0.2, 0.25) is 0 Å². The molecule has 0 aromatic heterocycles. The van der Waals surface area contributed by atoms with Crippen LogP contribution in [-0.2, 0) is 4.74 Å². The van der Waals surface area contributed by atoms with Crippen LogP contribution >= 0.6 is 11.8 Å². The van der Waals surface area contributed by atoms with Crippen LogP contribution in [0.5, 0.6) is 0 Å². The summed E-state index contributed by atoms with van der Waals surface area (Å²) < 4.78 is 5.44. The van der Waals surface area contributed by atoms with Crippen LogP contribution in [0, 0.1) is 5.92 Å². The Hall–Kier alpha value is 0.270. The van der Waals surface area contributed by atoms with Crippen molar-refractivity contribution in [3.63, 3.8) is 0 Å². The van der Waals surface area contributed by atoms with E-state index in [0.717, 1.165) is 19.1 Å². The van der Waals surface area contributed by atoms with Crippen LogP contribution in [0.15, 0.2) is 0 Å². The number of hydrogen-bond donors (Lipinski definition) is 1. The fraction of sp³-hybridized carbons (Fsp3) is 1.00. The van der Waals surface area contributed by atoms with Gasteiger partial charge in [0, 0.05) is 24.8 Å². The molecule has 2 rings (SSSR count). The van der Waals surface area contributed by atoms with Gasteiger partial charge in [0.15, 0.2) is 0 Å². The fourth-order valence-electron chi connectivity index (χ4n) is 1.75. The average Bonchev–Trinajstić information content (AvgIpc) is 2.58. The minimum absolute atomic E-state index is 0.690. The van der Waals surface area contributed by atoms with E-state index in [9.17, 15) is 0 Å². The van der Waals surface area contributed by atoms with Crippen molar-refractivity contribution in [1.82, 2.24) is 5.32 Å². The van der Waals surface area contributed by atoms with E-state index < -0.39 is 0 Å². The zero-order valence-electron chi connectivity index (χ0n) is 6.71. The van der Waals surface area contributed by atoms with Gasteiger partial charge < -0.3 is 10.1 Å². The highest BCUT2D eigenvalue weighted by Crippen LogP contribution is 2.27. The first-order chi connectivity index (χ1) is 5.47. The molecule has 2 saturated heterocycles. The highest BCUT2D eigenvalue weighted by Gasteiger charge is 2.26. The average molecular weight is 173 g/mol. The molecule has 2 nitrogen and oxygen atoms in total. The van der Waals surface area contributed by atoms with Gasteiger partial charge in [-0.1, -0.05) is 0 Å². The van der Waals surface area contributed by atoms with Crippen LogP contribution in [0.3, 0.4) is 0 Å². The standard InChI is InChI=1S/C8H15NOS/c1-2-7(6-10-4-1)8-9-3-5-11-8/h7-9H,1-6H2. The lowest BCUT2D eigenvalue weighted by Gasteiger charge is -2.26. The maximum absolute atomic E-state index is 5.44. The van der Waals surface area contributed by atoms with Gasteiger partial charge in [-0.2, -0.15) is 0 Å².